The molecule has 0 bridgehead atoms. The summed E-state index contributed by atoms with van der Waals surface area (Å²) in [5.74, 6) is -4.21. The fraction of sp³-hybridized carbons (Fsp3) is 0.250. The highest BCUT2D eigenvalue weighted by Crippen LogP contribution is 2.22. The van der Waals surface area contributed by atoms with Gasteiger partial charge in [0.2, 0.25) is 5.91 Å². The molecule has 3 aromatic rings. The molecule has 36 heavy (non-hydrogen) atoms. The normalized spacial score (nSPS) is 12.1. The number of rotatable bonds is 10. The third-order valence-corrected chi connectivity index (χ3v) is 5.58. The smallest absolute Gasteiger partial charge is 0.345 e. The van der Waals surface area contributed by atoms with Crippen LogP contribution in [0.3, 0.4) is 0 Å². The number of nitrogens with one attached hydrogen (secondary N) is 1. The van der Waals surface area contributed by atoms with E-state index in [1.54, 1.807) is 12.1 Å². The summed E-state index contributed by atoms with van der Waals surface area (Å²) in [7, 11) is 0. The van der Waals surface area contributed by atoms with Crippen molar-refractivity contribution in [3.05, 3.63) is 95.6 Å². The van der Waals surface area contributed by atoms with Crippen molar-refractivity contribution >= 4 is 17.8 Å². The van der Waals surface area contributed by atoms with Crippen molar-refractivity contribution in [3.63, 3.8) is 0 Å². The van der Waals surface area contributed by atoms with E-state index in [-0.39, 0.29) is 18.4 Å². The molecule has 0 aliphatic heterocycles. The number of carbonyl (C=O) groups excluding carboxylic acids is 3. The van der Waals surface area contributed by atoms with Crippen LogP contribution in [0.1, 0.15) is 42.6 Å². The van der Waals surface area contributed by atoms with Crippen LogP contribution in [0.5, 0.6) is 0 Å². The van der Waals surface area contributed by atoms with E-state index in [0.717, 1.165) is 17.7 Å². The van der Waals surface area contributed by atoms with Crippen LogP contribution >= 0.6 is 0 Å². The van der Waals surface area contributed by atoms with Crippen molar-refractivity contribution in [2.75, 3.05) is 0 Å². The highest BCUT2D eigenvalue weighted by molar-refractivity contribution is 5.98. The Balaban J connectivity index is 1.69. The van der Waals surface area contributed by atoms with Crippen molar-refractivity contribution in [1.29, 1.82) is 0 Å². The summed E-state index contributed by atoms with van der Waals surface area (Å²) in [5.41, 5.74) is 6.85. The van der Waals surface area contributed by atoms with Crippen molar-refractivity contribution in [1.82, 2.24) is 5.32 Å². The summed E-state index contributed by atoms with van der Waals surface area (Å²) in [5, 5.41) is 3.19. The Morgan fingerprint density at radius 3 is 2.17 bits per heavy atom. The summed E-state index contributed by atoms with van der Waals surface area (Å²) in [6.45, 7) is 3.81. The lowest BCUT2D eigenvalue weighted by Crippen LogP contribution is -2.51. The summed E-state index contributed by atoms with van der Waals surface area (Å²) >= 11 is 0. The average Bonchev–Trinajstić information content (AvgIpc) is 2.83. The largest absolute Gasteiger partial charge is 0.388 e. The molecule has 3 aromatic carbocycles. The van der Waals surface area contributed by atoms with Crippen LogP contribution in [-0.4, -0.2) is 29.4 Å². The van der Waals surface area contributed by atoms with E-state index in [1.807, 2.05) is 44.2 Å². The van der Waals surface area contributed by atoms with E-state index < -0.39 is 41.1 Å². The zero-order chi connectivity index (χ0) is 26.3. The highest BCUT2D eigenvalue weighted by atomic mass is 19.2. The molecule has 0 aliphatic carbocycles. The predicted octanol–water partition coefficient (Wildman–Crippen LogP) is 4.56. The fourth-order valence-electron chi connectivity index (χ4n) is 3.86. The van der Waals surface area contributed by atoms with Crippen LogP contribution in [0, 0.1) is 11.6 Å². The van der Waals surface area contributed by atoms with Gasteiger partial charge in [-0.2, -0.15) is 0 Å². The summed E-state index contributed by atoms with van der Waals surface area (Å²) in [6.07, 6.45) is 0.591. The monoisotopic (exact) mass is 494 g/mol. The number of benzene rings is 3. The molecule has 0 radical (unpaired) electrons. The van der Waals surface area contributed by atoms with Gasteiger partial charge in [-0.25, -0.2) is 18.4 Å². The molecule has 0 heterocycles. The van der Waals surface area contributed by atoms with Crippen LogP contribution in [0.2, 0.25) is 0 Å². The Morgan fingerprint density at radius 1 is 0.917 bits per heavy atom. The third kappa shape index (κ3) is 7.55. The molecule has 6 nitrogen and oxygen atoms in total. The van der Waals surface area contributed by atoms with Gasteiger partial charge in [0.15, 0.2) is 11.6 Å². The van der Waals surface area contributed by atoms with Gasteiger partial charge in [0.1, 0.15) is 6.04 Å². The van der Waals surface area contributed by atoms with E-state index in [4.69, 9.17) is 10.5 Å². The minimum atomic E-state index is -0.980. The van der Waals surface area contributed by atoms with Gasteiger partial charge >= 0.3 is 11.9 Å². The minimum absolute atomic E-state index is 0.0642. The highest BCUT2D eigenvalue weighted by Gasteiger charge is 2.30. The van der Waals surface area contributed by atoms with Crippen molar-refractivity contribution in [2.45, 2.75) is 44.7 Å². The molecule has 0 aliphatic rings. The van der Waals surface area contributed by atoms with Gasteiger partial charge < -0.3 is 10.5 Å². The predicted molar refractivity (Wildman–Crippen MR) is 132 cm³/mol. The Hall–Kier alpha value is -3.91. The molecule has 8 heteroatoms. The molecule has 0 saturated heterocycles. The summed E-state index contributed by atoms with van der Waals surface area (Å²) in [4.78, 5) is 36.9. The summed E-state index contributed by atoms with van der Waals surface area (Å²) in [6, 6.07) is 18.2. The molecular formula is C28H28F2N2O4. The number of ether oxygens (including phenoxy) is 1. The maximum atomic E-state index is 13.5. The van der Waals surface area contributed by atoms with Crippen LogP contribution in [0.15, 0.2) is 72.8 Å². The minimum Gasteiger partial charge on any atom is -0.388 e. The second kappa shape index (κ2) is 11.7. The zero-order valence-corrected chi connectivity index (χ0v) is 20.1. The van der Waals surface area contributed by atoms with Gasteiger partial charge in [-0.1, -0.05) is 48.5 Å². The number of primary amides is 1. The Kier molecular flexibility index (Phi) is 8.66. The number of nitrogens with two attached hydrogens (primary N) is 1. The Labute approximate surface area is 208 Å². The quantitative estimate of drug-likeness (QED) is 0.318. The van der Waals surface area contributed by atoms with Gasteiger partial charge in [-0.05, 0) is 67.6 Å². The first-order valence-electron chi connectivity index (χ1n) is 11.5. The van der Waals surface area contributed by atoms with Gasteiger partial charge in [0.05, 0.1) is 5.56 Å². The van der Waals surface area contributed by atoms with Crippen LogP contribution in [-0.2, 0) is 20.7 Å². The lowest BCUT2D eigenvalue weighted by molar-refractivity contribution is -0.141. The van der Waals surface area contributed by atoms with Gasteiger partial charge in [0, 0.05) is 12.0 Å². The second-order valence-corrected chi connectivity index (χ2v) is 9.16. The number of halogens is 2. The van der Waals surface area contributed by atoms with Crippen LogP contribution in [0.4, 0.5) is 8.78 Å². The molecule has 1 atom stereocenters. The van der Waals surface area contributed by atoms with E-state index in [1.165, 1.54) is 18.2 Å². The molecule has 0 saturated carbocycles. The maximum absolute atomic E-state index is 13.5. The maximum Gasteiger partial charge on any atom is 0.345 e. The van der Waals surface area contributed by atoms with E-state index >= 15 is 0 Å². The van der Waals surface area contributed by atoms with E-state index in [9.17, 15) is 23.2 Å². The Morgan fingerprint density at radius 2 is 1.56 bits per heavy atom. The van der Waals surface area contributed by atoms with Crippen molar-refractivity contribution in [2.24, 2.45) is 5.73 Å². The fourth-order valence-corrected chi connectivity index (χ4v) is 3.86. The number of esters is 2. The number of hydrogen-bond acceptors (Lipinski definition) is 5. The van der Waals surface area contributed by atoms with Crippen LogP contribution < -0.4 is 11.1 Å². The zero-order valence-electron chi connectivity index (χ0n) is 20.1. The summed E-state index contributed by atoms with van der Waals surface area (Å²) < 4.78 is 31.8. The first kappa shape index (κ1) is 26.7. The van der Waals surface area contributed by atoms with E-state index in [0.29, 0.717) is 17.5 Å². The molecule has 0 fully saturated rings. The molecule has 0 unspecified atom stereocenters. The van der Waals surface area contributed by atoms with Crippen molar-refractivity contribution < 1.29 is 27.9 Å². The third-order valence-electron chi connectivity index (χ3n) is 5.58. The standard InChI is InChI=1S/C28H28F2N2O4/c1-28(2,17-18-6-4-3-5-7-18)32-24(14-15-25(31)33)27(35)36-26(34)20-10-8-19(9-11-20)21-12-13-22(29)23(30)16-21/h3-13,16,24,32H,14-15,17H2,1-2H3,(H2,31,33)/t24-/m0/s1. The number of carbonyl (C=O) groups is 3. The first-order chi connectivity index (χ1) is 17.0. The number of amides is 1. The van der Waals surface area contributed by atoms with Gasteiger partial charge in [-0.15, -0.1) is 0 Å². The lowest BCUT2D eigenvalue weighted by Gasteiger charge is -2.31. The first-order valence-corrected chi connectivity index (χ1v) is 11.5. The topological polar surface area (TPSA) is 98.5 Å². The van der Waals surface area contributed by atoms with E-state index in [2.05, 4.69) is 5.32 Å². The molecule has 3 N–H and O–H groups in total. The Bertz CT molecular complexity index is 1230. The SMILES string of the molecule is CC(C)(Cc1ccccc1)N[C@@H](CCC(N)=O)C(=O)OC(=O)c1ccc(-c2ccc(F)c(F)c2)cc1. The molecule has 188 valence electrons. The number of hydrogen-bond donors (Lipinski definition) is 2. The van der Waals surface area contributed by atoms with Crippen molar-refractivity contribution in [3.8, 4) is 11.1 Å². The molecule has 1 amide bonds. The van der Waals surface area contributed by atoms with Crippen LogP contribution in [0.25, 0.3) is 11.1 Å². The molecule has 3 rings (SSSR count). The second-order valence-electron chi connectivity index (χ2n) is 9.16. The van der Waals surface area contributed by atoms with Gasteiger partial charge in [-0.3, -0.25) is 10.1 Å². The average molecular weight is 495 g/mol. The van der Waals surface area contributed by atoms with Gasteiger partial charge in [0.25, 0.3) is 0 Å². The lowest BCUT2D eigenvalue weighted by atomic mass is 9.93. The molecular weight excluding hydrogens is 466 g/mol. The molecule has 0 spiro atoms. The molecule has 0 aromatic heterocycles.